The van der Waals surface area contributed by atoms with Gasteiger partial charge in [-0.25, -0.2) is 4.39 Å². The molecule has 1 saturated heterocycles. The summed E-state index contributed by atoms with van der Waals surface area (Å²) in [4.78, 5) is 0. The van der Waals surface area contributed by atoms with Crippen molar-refractivity contribution in [2.75, 3.05) is 13.2 Å². The highest BCUT2D eigenvalue weighted by atomic mass is 19.1. The van der Waals surface area contributed by atoms with E-state index in [1.54, 1.807) is 12.1 Å². The molecular weight excluding hydrogens is 231 g/mol. The third-order valence-corrected chi connectivity index (χ3v) is 3.62. The second kappa shape index (κ2) is 6.86. The van der Waals surface area contributed by atoms with E-state index in [4.69, 9.17) is 4.74 Å². The lowest BCUT2D eigenvalue weighted by molar-refractivity contribution is 0.0932. The summed E-state index contributed by atoms with van der Waals surface area (Å²) in [6.45, 7) is 1.07. The first-order valence-corrected chi connectivity index (χ1v) is 6.75. The van der Waals surface area contributed by atoms with Crippen molar-refractivity contribution in [2.45, 2.75) is 38.2 Å². The molecule has 2 nitrogen and oxygen atoms in total. The van der Waals surface area contributed by atoms with Crippen LogP contribution in [-0.2, 0) is 11.2 Å². The first-order chi connectivity index (χ1) is 8.78. The van der Waals surface area contributed by atoms with E-state index in [9.17, 15) is 9.50 Å². The van der Waals surface area contributed by atoms with Crippen LogP contribution in [0.25, 0.3) is 0 Å². The molecule has 1 aromatic carbocycles. The predicted octanol–water partition coefficient (Wildman–Crippen LogP) is 2.94. The quantitative estimate of drug-likeness (QED) is 0.843. The van der Waals surface area contributed by atoms with Crippen LogP contribution < -0.4 is 0 Å². The van der Waals surface area contributed by atoms with E-state index < -0.39 is 0 Å². The number of ether oxygens (including phenoxy) is 1. The number of hydrogen-bond donors (Lipinski definition) is 1. The van der Waals surface area contributed by atoms with E-state index in [0.29, 0.717) is 6.10 Å². The molecule has 0 bridgehead atoms. The monoisotopic (exact) mass is 252 g/mol. The lowest BCUT2D eigenvalue weighted by Gasteiger charge is -2.16. The van der Waals surface area contributed by atoms with Gasteiger partial charge in [-0.1, -0.05) is 12.1 Å². The Kier molecular flexibility index (Phi) is 5.14. The van der Waals surface area contributed by atoms with Crippen LogP contribution in [0.5, 0.6) is 0 Å². The van der Waals surface area contributed by atoms with Crippen molar-refractivity contribution >= 4 is 0 Å². The summed E-state index contributed by atoms with van der Waals surface area (Å²) in [6, 6.07) is 6.54. The molecule has 100 valence electrons. The summed E-state index contributed by atoms with van der Waals surface area (Å²) >= 11 is 0. The Morgan fingerprint density at radius 2 is 2.11 bits per heavy atom. The highest BCUT2D eigenvalue weighted by Gasteiger charge is 2.17. The van der Waals surface area contributed by atoms with Crippen LogP contribution in [0.15, 0.2) is 24.3 Å². The molecular formula is C15H21FO2. The molecule has 2 atom stereocenters. The zero-order chi connectivity index (χ0) is 12.8. The highest BCUT2D eigenvalue weighted by molar-refractivity contribution is 5.16. The number of halogens is 1. The van der Waals surface area contributed by atoms with Crippen molar-refractivity contribution < 1.29 is 14.2 Å². The molecule has 0 saturated carbocycles. The molecule has 0 aliphatic carbocycles. The number of aliphatic hydroxyl groups is 1. The molecule has 1 N–H and O–H groups in total. The van der Waals surface area contributed by atoms with Gasteiger partial charge in [-0.2, -0.15) is 0 Å². The number of rotatable bonds is 6. The zero-order valence-electron chi connectivity index (χ0n) is 10.6. The van der Waals surface area contributed by atoms with Crippen molar-refractivity contribution in [1.29, 1.82) is 0 Å². The minimum atomic E-state index is -0.210. The maximum absolute atomic E-state index is 12.8. The van der Waals surface area contributed by atoms with E-state index in [1.807, 2.05) is 0 Å². The van der Waals surface area contributed by atoms with Crippen LogP contribution in [-0.4, -0.2) is 24.4 Å². The molecule has 1 aromatic rings. The Hall–Kier alpha value is -0.930. The summed E-state index contributed by atoms with van der Waals surface area (Å²) in [6.07, 6.45) is 5.49. The van der Waals surface area contributed by atoms with Crippen LogP contribution in [0.3, 0.4) is 0 Å². The summed E-state index contributed by atoms with van der Waals surface area (Å²) < 4.78 is 18.4. The van der Waals surface area contributed by atoms with Crippen molar-refractivity contribution in [1.82, 2.24) is 0 Å². The maximum Gasteiger partial charge on any atom is 0.123 e. The number of aliphatic hydroxyl groups excluding tert-OH is 1. The van der Waals surface area contributed by atoms with Crippen LogP contribution in [0.4, 0.5) is 4.39 Å². The first-order valence-electron chi connectivity index (χ1n) is 6.75. The predicted molar refractivity (Wildman–Crippen MR) is 68.9 cm³/mol. The third-order valence-electron chi connectivity index (χ3n) is 3.62. The largest absolute Gasteiger partial charge is 0.396 e. The van der Waals surface area contributed by atoms with Crippen LogP contribution >= 0.6 is 0 Å². The summed E-state index contributed by atoms with van der Waals surface area (Å²) in [7, 11) is 0. The maximum atomic E-state index is 12.8. The highest BCUT2D eigenvalue weighted by Crippen LogP contribution is 2.21. The van der Waals surface area contributed by atoms with Gasteiger partial charge in [-0.05, 0) is 55.7 Å². The van der Waals surface area contributed by atoms with Crippen molar-refractivity contribution in [3.63, 3.8) is 0 Å². The molecule has 18 heavy (non-hydrogen) atoms. The molecule has 1 heterocycles. The minimum Gasteiger partial charge on any atom is -0.396 e. The van der Waals surface area contributed by atoms with Gasteiger partial charge in [-0.15, -0.1) is 0 Å². The van der Waals surface area contributed by atoms with Gasteiger partial charge < -0.3 is 9.84 Å². The smallest absolute Gasteiger partial charge is 0.123 e. The third kappa shape index (κ3) is 4.07. The van der Waals surface area contributed by atoms with Gasteiger partial charge in [0.05, 0.1) is 6.10 Å². The molecule has 0 amide bonds. The standard InChI is InChI=1S/C15H21FO2/c16-14-6-3-12(4-7-14)10-13(11-17)5-8-15-2-1-9-18-15/h3-4,6-7,13,15,17H,1-2,5,8-11H2. The first kappa shape index (κ1) is 13.5. The van der Waals surface area contributed by atoms with Crippen molar-refractivity contribution in [3.8, 4) is 0 Å². The summed E-state index contributed by atoms with van der Waals surface area (Å²) in [5.74, 6) is 0.0401. The molecule has 1 aliphatic rings. The van der Waals surface area contributed by atoms with Crippen LogP contribution in [0, 0.1) is 11.7 Å². The van der Waals surface area contributed by atoms with Crippen LogP contribution in [0.2, 0.25) is 0 Å². The minimum absolute atomic E-state index is 0.185. The van der Waals surface area contributed by atoms with Gasteiger partial charge in [0.15, 0.2) is 0 Å². The van der Waals surface area contributed by atoms with E-state index in [0.717, 1.165) is 44.3 Å². The van der Waals surface area contributed by atoms with Gasteiger partial charge in [0.2, 0.25) is 0 Å². The van der Waals surface area contributed by atoms with Crippen molar-refractivity contribution in [2.24, 2.45) is 5.92 Å². The Morgan fingerprint density at radius 3 is 2.72 bits per heavy atom. The fourth-order valence-corrected chi connectivity index (χ4v) is 2.51. The van der Waals surface area contributed by atoms with Gasteiger partial charge in [0.25, 0.3) is 0 Å². The summed E-state index contributed by atoms with van der Waals surface area (Å²) in [5, 5.41) is 9.40. The Labute approximate surface area is 108 Å². The lowest BCUT2D eigenvalue weighted by atomic mass is 9.94. The van der Waals surface area contributed by atoms with Gasteiger partial charge in [0.1, 0.15) is 5.82 Å². The molecule has 2 unspecified atom stereocenters. The number of benzene rings is 1. The van der Waals surface area contributed by atoms with E-state index in [-0.39, 0.29) is 18.3 Å². The normalized spacial score (nSPS) is 21.1. The average Bonchev–Trinajstić information content (AvgIpc) is 2.90. The molecule has 0 radical (unpaired) electrons. The SMILES string of the molecule is OCC(CCC1CCCO1)Cc1ccc(F)cc1. The molecule has 3 heteroatoms. The second-order valence-electron chi connectivity index (χ2n) is 5.09. The molecule has 0 spiro atoms. The van der Waals surface area contributed by atoms with E-state index >= 15 is 0 Å². The Morgan fingerprint density at radius 1 is 1.33 bits per heavy atom. The molecule has 2 rings (SSSR count). The molecule has 0 aromatic heterocycles. The average molecular weight is 252 g/mol. The number of hydrogen-bond acceptors (Lipinski definition) is 2. The topological polar surface area (TPSA) is 29.5 Å². The summed E-state index contributed by atoms with van der Waals surface area (Å²) in [5.41, 5.74) is 1.09. The molecule has 1 fully saturated rings. The van der Waals surface area contributed by atoms with Crippen LogP contribution in [0.1, 0.15) is 31.2 Å². The van der Waals surface area contributed by atoms with Crippen molar-refractivity contribution in [3.05, 3.63) is 35.6 Å². The second-order valence-corrected chi connectivity index (χ2v) is 5.09. The van der Waals surface area contributed by atoms with Gasteiger partial charge >= 0.3 is 0 Å². The Balaban J connectivity index is 1.79. The lowest BCUT2D eigenvalue weighted by Crippen LogP contribution is -2.14. The zero-order valence-corrected chi connectivity index (χ0v) is 10.6. The Bertz CT molecular complexity index is 344. The van der Waals surface area contributed by atoms with E-state index in [2.05, 4.69) is 0 Å². The van der Waals surface area contributed by atoms with Gasteiger partial charge in [0, 0.05) is 13.2 Å². The fraction of sp³-hybridized carbons (Fsp3) is 0.600. The molecule has 1 aliphatic heterocycles. The van der Waals surface area contributed by atoms with Gasteiger partial charge in [-0.3, -0.25) is 0 Å². The fourth-order valence-electron chi connectivity index (χ4n) is 2.51. The van der Waals surface area contributed by atoms with E-state index in [1.165, 1.54) is 12.1 Å².